The lowest BCUT2D eigenvalue weighted by Crippen LogP contribution is -2.43. The van der Waals surface area contributed by atoms with Crippen molar-refractivity contribution in [3.05, 3.63) is 30.3 Å². The van der Waals surface area contributed by atoms with E-state index in [2.05, 4.69) is 5.32 Å². The first-order valence-electron chi connectivity index (χ1n) is 7.54. The van der Waals surface area contributed by atoms with Crippen molar-refractivity contribution >= 4 is 11.6 Å². The van der Waals surface area contributed by atoms with Gasteiger partial charge in [0, 0.05) is 18.8 Å². The minimum absolute atomic E-state index is 0.144. The van der Waals surface area contributed by atoms with Gasteiger partial charge in [0.25, 0.3) is 5.91 Å². The maximum absolute atomic E-state index is 12.8. The maximum Gasteiger partial charge on any atom is 0.259 e. The molecule has 1 heterocycles. The third kappa shape index (κ3) is 2.86. The van der Waals surface area contributed by atoms with E-state index >= 15 is 0 Å². The molecule has 0 unspecified atom stereocenters. The monoisotopic (exact) mass is 274 g/mol. The van der Waals surface area contributed by atoms with Crippen LogP contribution in [0, 0.1) is 0 Å². The third-order valence-electron chi connectivity index (χ3n) is 4.05. The van der Waals surface area contributed by atoms with Crippen molar-refractivity contribution in [1.82, 2.24) is 5.32 Å². The Balaban J connectivity index is 1.82. The highest BCUT2D eigenvalue weighted by Gasteiger charge is 2.53. The van der Waals surface area contributed by atoms with Crippen LogP contribution in [0.4, 0.5) is 5.69 Å². The second-order valence-corrected chi connectivity index (χ2v) is 5.59. The van der Waals surface area contributed by atoms with Gasteiger partial charge < -0.3 is 15.0 Å². The molecule has 20 heavy (non-hydrogen) atoms. The van der Waals surface area contributed by atoms with Crippen molar-refractivity contribution in [2.45, 2.75) is 31.3 Å². The molecule has 1 amide bonds. The van der Waals surface area contributed by atoms with Crippen LogP contribution in [0.1, 0.15) is 25.7 Å². The lowest BCUT2D eigenvalue weighted by molar-refractivity contribution is -0.132. The Morgan fingerprint density at radius 2 is 1.90 bits per heavy atom. The zero-order valence-corrected chi connectivity index (χ0v) is 11.8. The quantitative estimate of drug-likeness (QED) is 0.851. The van der Waals surface area contributed by atoms with E-state index in [1.165, 1.54) is 0 Å². The van der Waals surface area contributed by atoms with Crippen LogP contribution in [0.5, 0.6) is 0 Å². The average Bonchev–Trinajstić information content (AvgIpc) is 3.27. The highest BCUT2D eigenvalue weighted by Crippen LogP contribution is 2.42. The molecule has 1 aliphatic heterocycles. The number of carbonyl (C=O) groups is 1. The minimum Gasteiger partial charge on any atom is -0.364 e. The Bertz CT molecular complexity index is 457. The second kappa shape index (κ2) is 5.94. The molecule has 1 saturated heterocycles. The highest BCUT2D eigenvalue weighted by atomic mass is 16.5. The Morgan fingerprint density at radius 1 is 1.10 bits per heavy atom. The molecule has 1 N–H and O–H groups in total. The average molecular weight is 274 g/mol. The fraction of sp³-hybridized carbons (Fsp3) is 0.562. The van der Waals surface area contributed by atoms with Gasteiger partial charge in [-0.2, -0.15) is 0 Å². The van der Waals surface area contributed by atoms with Crippen LogP contribution in [0.3, 0.4) is 0 Å². The molecule has 0 bridgehead atoms. The number of carbonyl (C=O) groups excluding carboxylic acids is 1. The predicted molar refractivity (Wildman–Crippen MR) is 78.8 cm³/mol. The van der Waals surface area contributed by atoms with Crippen molar-refractivity contribution in [3.8, 4) is 0 Å². The third-order valence-corrected chi connectivity index (χ3v) is 4.05. The summed E-state index contributed by atoms with van der Waals surface area (Å²) < 4.78 is 5.88. The number of ether oxygens (including phenoxy) is 1. The summed E-state index contributed by atoms with van der Waals surface area (Å²) in [6, 6.07) is 9.96. The van der Waals surface area contributed by atoms with Crippen LogP contribution in [-0.2, 0) is 9.53 Å². The van der Waals surface area contributed by atoms with Gasteiger partial charge in [-0.25, -0.2) is 0 Å². The number of nitrogens with one attached hydrogen (secondary N) is 1. The molecule has 108 valence electrons. The topological polar surface area (TPSA) is 41.6 Å². The second-order valence-electron chi connectivity index (χ2n) is 5.59. The van der Waals surface area contributed by atoms with E-state index in [1.54, 1.807) is 0 Å². The summed E-state index contributed by atoms with van der Waals surface area (Å²) in [7, 11) is 0. The largest absolute Gasteiger partial charge is 0.364 e. The van der Waals surface area contributed by atoms with Gasteiger partial charge in [0.1, 0.15) is 5.60 Å². The summed E-state index contributed by atoms with van der Waals surface area (Å²) in [6.07, 6.45) is 3.82. The highest BCUT2D eigenvalue weighted by molar-refractivity contribution is 6.01. The molecule has 1 aromatic rings. The summed E-state index contributed by atoms with van der Waals surface area (Å²) in [5, 5.41) is 3.36. The summed E-state index contributed by atoms with van der Waals surface area (Å²) in [5.41, 5.74) is 0.446. The van der Waals surface area contributed by atoms with Crippen LogP contribution in [0.2, 0.25) is 0 Å². The van der Waals surface area contributed by atoms with Gasteiger partial charge in [-0.3, -0.25) is 4.79 Å². The number of benzene rings is 1. The number of amides is 1. The van der Waals surface area contributed by atoms with Crippen LogP contribution >= 0.6 is 0 Å². The summed E-state index contributed by atoms with van der Waals surface area (Å²) in [5.74, 6) is 0.144. The van der Waals surface area contributed by atoms with Gasteiger partial charge in [-0.1, -0.05) is 18.2 Å². The zero-order valence-electron chi connectivity index (χ0n) is 11.8. The van der Waals surface area contributed by atoms with Crippen LogP contribution in [0.25, 0.3) is 0 Å². The van der Waals surface area contributed by atoms with E-state index in [9.17, 15) is 4.79 Å². The van der Waals surface area contributed by atoms with Gasteiger partial charge in [0.05, 0.1) is 6.61 Å². The molecule has 0 aromatic heterocycles. The number of hydrogen-bond donors (Lipinski definition) is 1. The summed E-state index contributed by atoms with van der Waals surface area (Å²) in [4.78, 5) is 14.8. The number of nitrogens with zero attached hydrogens (tertiary/aromatic N) is 1. The number of para-hydroxylation sites is 1. The van der Waals surface area contributed by atoms with E-state index < -0.39 is 5.60 Å². The predicted octanol–water partition coefficient (Wildman–Crippen LogP) is 1.95. The SMILES string of the molecule is O=C1N(c2ccccc2)CCCCNCCOC12CC2. The van der Waals surface area contributed by atoms with Crippen LogP contribution < -0.4 is 10.2 Å². The fourth-order valence-electron chi connectivity index (χ4n) is 2.70. The molecular formula is C16H22N2O2. The number of hydrogen-bond acceptors (Lipinski definition) is 3. The van der Waals surface area contributed by atoms with Crippen molar-refractivity contribution in [2.75, 3.05) is 31.1 Å². The van der Waals surface area contributed by atoms with Gasteiger partial charge in [0.15, 0.2) is 0 Å². The molecule has 4 heteroatoms. The van der Waals surface area contributed by atoms with Gasteiger partial charge in [-0.05, 0) is 44.4 Å². The molecule has 4 nitrogen and oxygen atoms in total. The molecule has 1 aliphatic carbocycles. The Kier molecular flexibility index (Phi) is 4.03. The van der Waals surface area contributed by atoms with Crippen molar-refractivity contribution in [3.63, 3.8) is 0 Å². The van der Waals surface area contributed by atoms with Crippen molar-refractivity contribution < 1.29 is 9.53 Å². The number of rotatable bonds is 1. The van der Waals surface area contributed by atoms with Gasteiger partial charge in [0.2, 0.25) is 0 Å². The number of anilines is 1. The lowest BCUT2D eigenvalue weighted by atomic mass is 10.2. The lowest BCUT2D eigenvalue weighted by Gasteiger charge is -2.27. The van der Waals surface area contributed by atoms with E-state index in [0.717, 1.165) is 51.0 Å². The fourth-order valence-corrected chi connectivity index (χ4v) is 2.70. The molecule has 1 saturated carbocycles. The molecule has 2 fully saturated rings. The molecular weight excluding hydrogens is 252 g/mol. The summed E-state index contributed by atoms with van der Waals surface area (Å²) in [6.45, 7) is 3.22. The van der Waals surface area contributed by atoms with E-state index in [0.29, 0.717) is 6.61 Å². The van der Waals surface area contributed by atoms with Gasteiger partial charge >= 0.3 is 0 Å². The Morgan fingerprint density at radius 3 is 2.65 bits per heavy atom. The van der Waals surface area contributed by atoms with Gasteiger partial charge in [-0.15, -0.1) is 0 Å². The maximum atomic E-state index is 12.8. The standard InChI is InChI=1S/C16H22N2O2/c19-15-16(8-9-16)20-13-11-17-10-4-5-12-18(15)14-6-2-1-3-7-14/h1-3,6-7,17H,4-5,8-13H2. The molecule has 1 spiro atoms. The molecule has 3 rings (SSSR count). The zero-order chi connectivity index (χ0) is 13.8. The Hall–Kier alpha value is -1.39. The molecule has 1 aromatic carbocycles. The Labute approximate surface area is 120 Å². The first kappa shape index (κ1) is 13.6. The first-order chi connectivity index (χ1) is 9.82. The van der Waals surface area contributed by atoms with E-state index in [1.807, 2.05) is 35.2 Å². The van der Waals surface area contributed by atoms with Crippen molar-refractivity contribution in [2.24, 2.45) is 0 Å². The molecule has 0 atom stereocenters. The van der Waals surface area contributed by atoms with E-state index in [-0.39, 0.29) is 5.91 Å². The van der Waals surface area contributed by atoms with E-state index in [4.69, 9.17) is 4.74 Å². The molecule has 2 aliphatic rings. The normalized spacial score (nSPS) is 23.4. The first-order valence-corrected chi connectivity index (χ1v) is 7.54. The van der Waals surface area contributed by atoms with Crippen molar-refractivity contribution in [1.29, 1.82) is 0 Å². The minimum atomic E-state index is -0.540. The van der Waals surface area contributed by atoms with Crippen LogP contribution in [0.15, 0.2) is 30.3 Å². The van der Waals surface area contributed by atoms with Crippen LogP contribution in [-0.4, -0.2) is 37.7 Å². The smallest absolute Gasteiger partial charge is 0.259 e. The summed E-state index contributed by atoms with van der Waals surface area (Å²) >= 11 is 0. The molecule has 0 radical (unpaired) electrons.